The van der Waals surface area contributed by atoms with Gasteiger partial charge in [0.15, 0.2) is 0 Å². The second-order valence-electron chi connectivity index (χ2n) is 4.39. The van der Waals surface area contributed by atoms with Crippen LogP contribution in [0.15, 0.2) is 18.2 Å². The molecule has 2 aliphatic heterocycles. The van der Waals surface area contributed by atoms with E-state index in [0.29, 0.717) is 6.04 Å². The van der Waals surface area contributed by atoms with Gasteiger partial charge in [0.25, 0.3) is 0 Å². The lowest BCUT2D eigenvalue weighted by atomic mass is 9.99. The number of hydrogen-bond acceptors (Lipinski definition) is 4. The van der Waals surface area contributed by atoms with Gasteiger partial charge in [-0.25, -0.2) is 0 Å². The van der Waals surface area contributed by atoms with E-state index in [-0.39, 0.29) is 18.5 Å². The molecular weight excluding hydrogens is 254 g/mol. The van der Waals surface area contributed by atoms with E-state index in [1.807, 2.05) is 18.2 Å². The van der Waals surface area contributed by atoms with Crippen molar-refractivity contribution in [3.8, 4) is 11.5 Å². The van der Waals surface area contributed by atoms with Crippen LogP contribution in [0, 0.1) is 0 Å². The highest BCUT2D eigenvalue weighted by atomic mass is 35.5. The van der Waals surface area contributed by atoms with E-state index >= 15 is 0 Å². The monoisotopic (exact) mass is 271 g/mol. The third kappa shape index (κ3) is 2.41. The van der Waals surface area contributed by atoms with Crippen LogP contribution in [-0.2, 0) is 4.74 Å². The lowest BCUT2D eigenvalue weighted by molar-refractivity contribution is -0.00585. The number of morpholine rings is 1. The third-order valence-electron chi connectivity index (χ3n) is 3.39. The van der Waals surface area contributed by atoms with Gasteiger partial charge in [-0.3, -0.25) is 0 Å². The zero-order valence-electron chi connectivity index (χ0n) is 10.3. The summed E-state index contributed by atoms with van der Waals surface area (Å²) >= 11 is 0. The summed E-state index contributed by atoms with van der Waals surface area (Å²) in [6, 6.07) is 6.31. The van der Waals surface area contributed by atoms with Crippen LogP contribution in [0.5, 0.6) is 11.5 Å². The molecule has 0 aromatic heterocycles. The first-order valence-corrected chi connectivity index (χ1v) is 6.04. The number of nitrogens with one attached hydrogen (secondary N) is 1. The average Bonchev–Trinajstić information content (AvgIpc) is 2.57. The molecule has 2 atom stereocenters. The Kier molecular flexibility index (Phi) is 4.32. The van der Waals surface area contributed by atoms with Gasteiger partial charge in [-0.15, -0.1) is 12.4 Å². The lowest BCUT2D eigenvalue weighted by Gasteiger charge is -2.31. The number of fused-ring (bicyclic) bond motifs is 3. The second-order valence-corrected chi connectivity index (χ2v) is 4.39. The zero-order chi connectivity index (χ0) is 11.7. The summed E-state index contributed by atoms with van der Waals surface area (Å²) in [5.74, 6) is 1.71. The van der Waals surface area contributed by atoms with E-state index in [1.54, 1.807) is 7.11 Å². The van der Waals surface area contributed by atoms with Crippen LogP contribution in [0.3, 0.4) is 0 Å². The van der Waals surface area contributed by atoms with Crippen molar-refractivity contribution in [1.82, 2.24) is 5.32 Å². The Morgan fingerprint density at radius 3 is 3.06 bits per heavy atom. The predicted molar refractivity (Wildman–Crippen MR) is 70.8 cm³/mol. The van der Waals surface area contributed by atoms with Crippen molar-refractivity contribution in [3.05, 3.63) is 23.8 Å². The predicted octanol–water partition coefficient (Wildman–Crippen LogP) is 1.93. The van der Waals surface area contributed by atoms with Gasteiger partial charge in [0.05, 0.1) is 20.3 Å². The maximum absolute atomic E-state index is 5.88. The first-order chi connectivity index (χ1) is 8.38. The highest BCUT2D eigenvalue weighted by Gasteiger charge is 2.31. The summed E-state index contributed by atoms with van der Waals surface area (Å²) in [4.78, 5) is 0. The van der Waals surface area contributed by atoms with Crippen molar-refractivity contribution in [3.63, 3.8) is 0 Å². The van der Waals surface area contributed by atoms with Crippen molar-refractivity contribution < 1.29 is 14.2 Å². The van der Waals surface area contributed by atoms with E-state index in [0.717, 1.165) is 43.2 Å². The quantitative estimate of drug-likeness (QED) is 0.847. The lowest BCUT2D eigenvalue weighted by Crippen LogP contribution is -2.43. The Hall–Kier alpha value is -0.970. The fourth-order valence-corrected chi connectivity index (χ4v) is 2.51. The number of benzene rings is 1. The summed E-state index contributed by atoms with van der Waals surface area (Å²) in [6.45, 7) is 2.40. The van der Waals surface area contributed by atoms with E-state index in [4.69, 9.17) is 14.2 Å². The molecule has 0 spiro atoms. The van der Waals surface area contributed by atoms with Crippen LogP contribution >= 0.6 is 12.4 Å². The molecule has 1 fully saturated rings. The number of ether oxygens (including phenoxy) is 3. The zero-order valence-corrected chi connectivity index (χ0v) is 11.2. The fraction of sp³-hybridized carbons (Fsp3) is 0.538. The molecule has 0 aliphatic carbocycles. The largest absolute Gasteiger partial charge is 0.497 e. The van der Waals surface area contributed by atoms with Crippen LogP contribution in [0.1, 0.15) is 18.1 Å². The van der Waals surface area contributed by atoms with Gasteiger partial charge in [0.1, 0.15) is 17.6 Å². The first kappa shape index (κ1) is 13.5. The van der Waals surface area contributed by atoms with Gasteiger partial charge in [-0.2, -0.15) is 0 Å². The summed E-state index contributed by atoms with van der Waals surface area (Å²) in [5, 5.41) is 3.49. The topological polar surface area (TPSA) is 39.7 Å². The Labute approximate surface area is 113 Å². The first-order valence-electron chi connectivity index (χ1n) is 6.04. The van der Waals surface area contributed by atoms with E-state index in [9.17, 15) is 0 Å². The molecule has 2 aliphatic rings. The Morgan fingerprint density at radius 1 is 1.33 bits per heavy atom. The minimum Gasteiger partial charge on any atom is -0.497 e. The normalized spacial score (nSPS) is 25.8. The molecule has 5 heteroatoms. The van der Waals surface area contributed by atoms with Gasteiger partial charge in [0, 0.05) is 24.2 Å². The Bertz CT molecular complexity index is 413. The van der Waals surface area contributed by atoms with Crippen LogP contribution in [0.2, 0.25) is 0 Å². The third-order valence-corrected chi connectivity index (χ3v) is 3.39. The van der Waals surface area contributed by atoms with Crippen LogP contribution in [0.25, 0.3) is 0 Å². The molecule has 0 bridgehead atoms. The van der Waals surface area contributed by atoms with Crippen molar-refractivity contribution in [2.75, 3.05) is 26.9 Å². The molecule has 1 aromatic carbocycles. The van der Waals surface area contributed by atoms with E-state index < -0.39 is 0 Å². The molecule has 1 aromatic rings. The van der Waals surface area contributed by atoms with Crippen molar-refractivity contribution in [2.45, 2.75) is 18.6 Å². The maximum atomic E-state index is 5.88. The number of hydrogen-bond donors (Lipinski definition) is 1. The smallest absolute Gasteiger partial charge is 0.128 e. The van der Waals surface area contributed by atoms with Crippen molar-refractivity contribution >= 4 is 12.4 Å². The Balaban J connectivity index is 0.00000120. The molecule has 0 unspecified atom stereocenters. The molecule has 4 nitrogen and oxygen atoms in total. The van der Waals surface area contributed by atoms with Gasteiger partial charge in [-0.1, -0.05) is 0 Å². The molecule has 1 saturated heterocycles. The molecule has 18 heavy (non-hydrogen) atoms. The highest BCUT2D eigenvalue weighted by Crippen LogP contribution is 2.37. The van der Waals surface area contributed by atoms with Crippen LogP contribution in [0.4, 0.5) is 0 Å². The van der Waals surface area contributed by atoms with Gasteiger partial charge >= 0.3 is 0 Å². The molecule has 2 heterocycles. The summed E-state index contributed by atoms with van der Waals surface area (Å²) in [5.41, 5.74) is 1.13. The molecule has 100 valence electrons. The van der Waals surface area contributed by atoms with Crippen LogP contribution in [-0.4, -0.2) is 32.9 Å². The molecular formula is C13H18ClNO3. The second kappa shape index (κ2) is 5.78. The van der Waals surface area contributed by atoms with E-state index in [1.165, 1.54) is 0 Å². The molecule has 0 saturated carbocycles. The van der Waals surface area contributed by atoms with Gasteiger partial charge in [-0.05, 0) is 18.6 Å². The SMILES string of the molecule is COc1ccc2c(c1)OCC[C@@H]1NCCO[C@@H]21.Cl. The number of methoxy groups -OCH3 is 1. The minimum absolute atomic E-state index is 0. The van der Waals surface area contributed by atoms with Crippen molar-refractivity contribution in [2.24, 2.45) is 0 Å². The molecule has 3 rings (SSSR count). The highest BCUT2D eigenvalue weighted by molar-refractivity contribution is 5.85. The van der Waals surface area contributed by atoms with Gasteiger partial charge < -0.3 is 19.5 Å². The number of rotatable bonds is 1. The van der Waals surface area contributed by atoms with Crippen molar-refractivity contribution in [1.29, 1.82) is 0 Å². The van der Waals surface area contributed by atoms with E-state index in [2.05, 4.69) is 5.32 Å². The summed E-state index contributed by atoms with van der Waals surface area (Å²) < 4.78 is 16.9. The number of halogens is 1. The molecule has 1 N–H and O–H groups in total. The average molecular weight is 272 g/mol. The minimum atomic E-state index is 0. The Morgan fingerprint density at radius 2 is 2.22 bits per heavy atom. The van der Waals surface area contributed by atoms with Crippen LogP contribution < -0.4 is 14.8 Å². The summed E-state index contributed by atoms with van der Waals surface area (Å²) in [7, 11) is 1.67. The van der Waals surface area contributed by atoms with Gasteiger partial charge in [0.2, 0.25) is 0 Å². The summed E-state index contributed by atoms with van der Waals surface area (Å²) in [6.07, 6.45) is 1.08. The fourth-order valence-electron chi connectivity index (χ4n) is 2.51. The maximum Gasteiger partial charge on any atom is 0.128 e. The molecule has 0 amide bonds. The molecule has 0 radical (unpaired) electrons. The standard InChI is InChI=1S/C13H17NO3.ClH/c1-15-9-2-3-10-12(8-9)16-6-4-11-13(10)17-7-5-14-11;/h2-3,8,11,13-14H,4-7H2,1H3;1H/t11-,13-;/m0./s1.